The van der Waals surface area contributed by atoms with Gasteiger partial charge in [-0.15, -0.1) is 0 Å². The topological polar surface area (TPSA) is 124 Å². The molecule has 0 aliphatic rings. The Bertz CT molecular complexity index is 502. The first kappa shape index (κ1) is 15.4. The lowest BCUT2D eigenvalue weighted by Crippen LogP contribution is -2.32. The normalized spacial score (nSPS) is 11.4. The highest BCUT2D eigenvalue weighted by Gasteiger charge is 2.20. The minimum atomic E-state index is -1.31. The molecule has 0 saturated heterocycles. The molecule has 8 nitrogen and oxygen atoms in total. The number of carboxylic acid groups (broad SMARTS) is 2. The number of nitrogens with zero attached hydrogens (tertiary/aromatic N) is 1. The molecule has 0 saturated carbocycles. The quantitative estimate of drug-likeness (QED) is 0.359. The first-order valence-electron chi connectivity index (χ1n) is 5.57. The third-order valence-electron chi connectivity index (χ3n) is 2.38. The van der Waals surface area contributed by atoms with E-state index in [0.717, 1.165) is 0 Å². The van der Waals surface area contributed by atoms with Crippen molar-refractivity contribution in [3.05, 3.63) is 29.8 Å². The fraction of sp³-hybridized carbons (Fsp3) is 0.250. The number of hydrogen-bond donors (Lipinski definition) is 3. The molecular weight excluding hydrogens is 270 g/mol. The zero-order valence-corrected chi connectivity index (χ0v) is 10.3. The largest absolute Gasteiger partial charge is 0.479 e. The van der Waals surface area contributed by atoms with E-state index in [0.29, 0.717) is 5.06 Å². The van der Waals surface area contributed by atoms with Crippen LogP contribution in [0.25, 0.3) is 0 Å². The Balaban J connectivity index is 2.75. The molecule has 1 unspecified atom stereocenters. The SMILES string of the molecule is O=CN(O)CCC(Oc1cccc(C(=O)O)c1)C(=O)O. The van der Waals surface area contributed by atoms with Gasteiger partial charge in [-0.3, -0.25) is 10.0 Å². The van der Waals surface area contributed by atoms with Crippen molar-refractivity contribution in [1.29, 1.82) is 0 Å². The number of amides is 1. The molecule has 0 radical (unpaired) electrons. The van der Waals surface area contributed by atoms with Gasteiger partial charge in [0.25, 0.3) is 0 Å². The highest BCUT2D eigenvalue weighted by Crippen LogP contribution is 2.16. The van der Waals surface area contributed by atoms with E-state index in [1.807, 2.05) is 0 Å². The van der Waals surface area contributed by atoms with Gasteiger partial charge in [-0.05, 0) is 18.2 Å². The maximum Gasteiger partial charge on any atom is 0.344 e. The maximum atomic E-state index is 11.0. The summed E-state index contributed by atoms with van der Waals surface area (Å²) in [5.41, 5.74) is -0.0386. The van der Waals surface area contributed by atoms with E-state index in [9.17, 15) is 14.4 Å². The summed E-state index contributed by atoms with van der Waals surface area (Å²) < 4.78 is 5.15. The van der Waals surface area contributed by atoms with Crippen LogP contribution in [-0.2, 0) is 9.59 Å². The number of ether oxygens (including phenoxy) is 1. The number of aliphatic carboxylic acids is 1. The number of hydrogen-bond acceptors (Lipinski definition) is 5. The average Bonchev–Trinajstić information content (AvgIpc) is 2.42. The van der Waals surface area contributed by atoms with E-state index in [1.165, 1.54) is 24.3 Å². The van der Waals surface area contributed by atoms with Crippen LogP contribution in [0.15, 0.2) is 24.3 Å². The lowest BCUT2D eigenvalue weighted by Gasteiger charge is -2.17. The molecule has 0 spiro atoms. The number of hydroxylamine groups is 2. The predicted octanol–water partition coefficient (Wildman–Crippen LogP) is 0.454. The molecule has 1 rings (SSSR count). The van der Waals surface area contributed by atoms with Crippen LogP contribution in [0.2, 0.25) is 0 Å². The van der Waals surface area contributed by atoms with Gasteiger partial charge in [0.05, 0.1) is 12.1 Å². The zero-order valence-electron chi connectivity index (χ0n) is 10.3. The van der Waals surface area contributed by atoms with Gasteiger partial charge in [-0.1, -0.05) is 6.07 Å². The Morgan fingerprint density at radius 1 is 1.35 bits per heavy atom. The van der Waals surface area contributed by atoms with E-state index >= 15 is 0 Å². The lowest BCUT2D eigenvalue weighted by molar-refractivity contribution is -0.155. The van der Waals surface area contributed by atoms with Gasteiger partial charge >= 0.3 is 11.9 Å². The van der Waals surface area contributed by atoms with Crippen molar-refractivity contribution in [2.45, 2.75) is 12.5 Å². The van der Waals surface area contributed by atoms with Gasteiger partial charge in [-0.2, -0.15) is 0 Å². The van der Waals surface area contributed by atoms with Crippen molar-refractivity contribution in [3.8, 4) is 5.75 Å². The molecule has 0 bridgehead atoms. The summed E-state index contributed by atoms with van der Waals surface area (Å²) in [4.78, 5) is 32.0. The summed E-state index contributed by atoms with van der Waals surface area (Å²) in [6.07, 6.45) is -1.32. The smallest absolute Gasteiger partial charge is 0.344 e. The Hall–Kier alpha value is -2.61. The Morgan fingerprint density at radius 2 is 2.05 bits per heavy atom. The minimum absolute atomic E-state index is 0.0386. The number of aromatic carboxylic acids is 1. The monoisotopic (exact) mass is 283 g/mol. The van der Waals surface area contributed by atoms with Crippen LogP contribution in [-0.4, -0.2) is 51.5 Å². The Morgan fingerprint density at radius 3 is 2.60 bits per heavy atom. The molecule has 0 heterocycles. The van der Waals surface area contributed by atoms with E-state index in [4.69, 9.17) is 20.2 Å². The fourth-order valence-corrected chi connectivity index (χ4v) is 1.40. The van der Waals surface area contributed by atoms with Gasteiger partial charge in [0.15, 0.2) is 6.10 Å². The van der Waals surface area contributed by atoms with E-state index in [2.05, 4.69) is 0 Å². The molecule has 0 aromatic heterocycles. The number of carboxylic acids is 2. The molecule has 1 amide bonds. The van der Waals surface area contributed by atoms with Gasteiger partial charge in [0, 0.05) is 6.42 Å². The summed E-state index contributed by atoms with van der Waals surface area (Å²) in [5.74, 6) is -2.37. The minimum Gasteiger partial charge on any atom is -0.479 e. The first-order valence-corrected chi connectivity index (χ1v) is 5.57. The zero-order chi connectivity index (χ0) is 15.1. The number of rotatable bonds is 8. The summed E-state index contributed by atoms with van der Waals surface area (Å²) in [6.45, 7) is -0.223. The van der Waals surface area contributed by atoms with Crippen molar-refractivity contribution in [3.63, 3.8) is 0 Å². The van der Waals surface area contributed by atoms with Crippen molar-refractivity contribution < 1.29 is 34.5 Å². The van der Waals surface area contributed by atoms with Gasteiger partial charge < -0.3 is 14.9 Å². The van der Waals surface area contributed by atoms with Crippen LogP contribution in [0.4, 0.5) is 0 Å². The summed E-state index contributed by atoms with van der Waals surface area (Å²) >= 11 is 0. The van der Waals surface area contributed by atoms with Crippen LogP contribution in [0.1, 0.15) is 16.8 Å². The maximum absolute atomic E-state index is 11.0. The van der Waals surface area contributed by atoms with E-state index in [1.54, 1.807) is 0 Å². The molecular formula is C12H13NO7. The van der Waals surface area contributed by atoms with Gasteiger partial charge in [-0.25, -0.2) is 14.7 Å². The molecule has 0 aliphatic heterocycles. The molecule has 0 fully saturated rings. The molecule has 108 valence electrons. The number of carbonyl (C=O) groups excluding carboxylic acids is 1. The second kappa shape index (κ2) is 7.10. The standard InChI is InChI=1S/C12H13NO7/c14-7-13(19)5-4-10(12(17)18)20-9-3-1-2-8(6-9)11(15)16/h1-3,6-7,10,19H,4-5H2,(H,15,16)(H,17,18). The third-order valence-corrected chi connectivity index (χ3v) is 2.38. The Kier molecular flexibility index (Phi) is 5.48. The average molecular weight is 283 g/mol. The molecule has 1 aromatic rings. The molecule has 20 heavy (non-hydrogen) atoms. The van der Waals surface area contributed by atoms with E-state index < -0.39 is 18.0 Å². The predicted molar refractivity (Wildman–Crippen MR) is 64.6 cm³/mol. The molecule has 0 aliphatic carbocycles. The second-order valence-corrected chi connectivity index (χ2v) is 3.83. The number of carbonyl (C=O) groups is 3. The van der Waals surface area contributed by atoms with Crippen LogP contribution < -0.4 is 4.74 Å². The second-order valence-electron chi connectivity index (χ2n) is 3.83. The van der Waals surface area contributed by atoms with E-state index in [-0.39, 0.29) is 30.7 Å². The fourth-order valence-electron chi connectivity index (χ4n) is 1.40. The summed E-state index contributed by atoms with van der Waals surface area (Å²) in [5, 5.41) is 27.0. The highest BCUT2D eigenvalue weighted by atomic mass is 16.5. The highest BCUT2D eigenvalue weighted by molar-refractivity contribution is 5.88. The molecule has 3 N–H and O–H groups in total. The molecule has 1 atom stereocenters. The number of benzene rings is 1. The van der Waals surface area contributed by atoms with Crippen molar-refractivity contribution >= 4 is 18.3 Å². The molecule has 1 aromatic carbocycles. The van der Waals surface area contributed by atoms with Crippen LogP contribution in [0, 0.1) is 0 Å². The van der Waals surface area contributed by atoms with Crippen LogP contribution >= 0.6 is 0 Å². The van der Waals surface area contributed by atoms with Crippen LogP contribution in [0.5, 0.6) is 5.75 Å². The molecule has 8 heteroatoms. The Labute approximate surface area is 113 Å². The van der Waals surface area contributed by atoms with Crippen molar-refractivity contribution in [2.75, 3.05) is 6.54 Å². The first-order chi connectivity index (χ1) is 9.43. The van der Waals surface area contributed by atoms with Crippen molar-refractivity contribution in [1.82, 2.24) is 5.06 Å². The van der Waals surface area contributed by atoms with Gasteiger partial charge in [0.2, 0.25) is 6.41 Å². The summed E-state index contributed by atoms with van der Waals surface area (Å²) in [7, 11) is 0. The van der Waals surface area contributed by atoms with Crippen LogP contribution in [0.3, 0.4) is 0 Å². The third kappa shape index (κ3) is 4.58. The lowest BCUT2D eigenvalue weighted by atomic mass is 10.2. The van der Waals surface area contributed by atoms with Crippen molar-refractivity contribution in [2.24, 2.45) is 0 Å². The van der Waals surface area contributed by atoms with Gasteiger partial charge in [0.1, 0.15) is 5.75 Å². The summed E-state index contributed by atoms with van der Waals surface area (Å²) in [6, 6.07) is 5.36.